The molecule has 0 fully saturated rings. The molecule has 0 bridgehead atoms. The highest BCUT2D eigenvalue weighted by Crippen LogP contribution is 2.29. The van der Waals surface area contributed by atoms with Crippen molar-refractivity contribution in [1.29, 1.82) is 0 Å². The van der Waals surface area contributed by atoms with Gasteiger partial charge in [0, 0.05) is 0 Å². The highest BCUT2D eigenvalue weighted by Gasteiger charge is 2.29. The number of hydrogen-bond acceptors (Lipinski definition) is 5. The summed E-state index contributed by atoms with van der Waals surface area (Å²) in [6, 6.07) is 6.31. The van der Waals surface area contributed by atoms with Crippen LogP contribution < -0.4 is 11.3 Å². The van der Waals surface area contributed by atoms with Crippen LogP contribution in [0.3, 0.4) is 0 Å². The van der Waals surface area contributed by atoms with Gasteiger partial charge in [-0.15, -0.1) is 0 Å². The van der Waals surface area contributed by atoms with Crippen molar-refractivity contribution in [3.05, 3.63) is 24.3 Å². The van der Waals surface area contributed by atoms with E-state index in [1.165, 1.54) is 6.07 Å². The van der Waals surface area contributed by atoms with E-state index >= 15 is 0 Å². The maximum atomic E-state index is 12.1. The van der Waals surface area contributed by atoms with Gasteiger partial charge in [-0.05, 0) is 12.1 Å². The first-order chi connectivity index (χ1) is 8.05. The minimum Gasteiger partial charge on any atom is -0.293 e. The van der Waals surface area contributed by atoms with Crippen LogP contribution in [0.1, 0.15) is 0 Å². The molecule has 1 amide bonds. The van der Waals surface area contributed by atoms with E-state index < -0.39 is 22.5 Å². The van der Waals surface area contributed by atoms with Gasteiger partial charge in [0.25, 0.3) is 15.9 Å². The fourth-order valence-electron chi connectivity index (χ4n) is 1.41. The molecule has 0 unspecified atom stereocenters. The molecule has 0 saturated carbocycles. The molecule has 1 aliphatic rings. The summed E-state index contributed by atoms with van der Waals surface area (Å²) in [6.45, 7) is -0.392. The lowest BCUT2D eigenvalue weighted by Gasteiger charge is -2.22. The van der Waals surface area contributed by atoms with Gasteiger partial charge in [0.1, 0.15) is 17.8 Å². The van der Waals surface area contributed by atoms with Gasteiger partial charge >= 0.3 is 0 Å². The number of carbonyl (C=O) groups is 1. The van der Waals surface area contributed by atoms with Crippen molar-refractivity contribution in [1.82, 2.24) is 9.73 Å². The Labute approximate surface area is 98.0 Å². The number of sulfonamides is 1. The van der Waals surface area contributed by atoms with E-state index in [0.717, 1.165) is 10.6 Å². The predicted octanol–water partition coefficient (Wildman–Crippen LogP) is -0.659. The molecule has 0 spiro atoms. The van der Waals surface area contributed by atoms with Crippen molar-refractivity contribution in [2.24, 2.45) is 10.8 Å². The fourth-order valence-corrected chi connectivity index (χ4v) is 2.76. The van der Waals surface area contributed by atoms with E-state index in [4.69, 9.17) is 5.84 Å². The van der Waals surface area contributed by atoms with Crippen molar-refractivity contribution >= 4 is 28.0 Å². The minimum absolute atomic E-state index is 0.0762. The molecular formula is C9H10N4O3S. The number of rotatable bonds is 2. The zero-order chi connectivity index (χ0) is 12.5. The summed E-state index contributed by atoms with van der Waals surface area (Å²) in [7, 11) is -3.72. The molecule has 1 aliphatic heterocycles. The standard InChI is InChI=1S/C9H10N4O3S/c10-12-9(14)5-13-6-11-7-3-1-2-4-8(7)17(13,15)16/h1-4,6H,5,10H2,(H,12,14). The number of nitrogens with zero attached hydrogens (tertiary/aromatic N) is 2. The third-order valence-corrected chi connectivity index (χ3v) is 3.98. The number of para-hydroxylation sites is 1. The van der Waals surface area contributed by atoms with Gasteiger partial charge in [0.05, 0.1) is 5.69 Å². The number of benzene rings is 1. The molecule has 0 aromatic heterocycles. The Morgan fingerprint density at radius 1 is 1.41 bits per heavy atom. The van der Waals surface area contributed by atoms with Crippen molar-refractivity contribution < 1.29 is 13.2 Å². The molecule has 7 nitrogen and oxygen atoms in total. The number of hydrazine groups is 1. The molecule has 17 heavy (non-hydrogen) atoms. The first kappa shape index (κ1) is 11.6. The summed E-state index contributed by atoms with van der Waals surface area (Å²) in [5, 5.41) is 0. The molecule has 1 aromatic carbocycles. The van der Waals surface area contributed by atoms with Crippen LogP contribution >= 0.6 is 0 Å². The van der Waals surface area contributed by atoms with Crippen LogP contribution in [0.15, 0.2) is 34.2 Å². The van der Waals surface area contributed by atoms with Gasteiger partial charge in [0.15, 0.2) is 0 Å². The number of nitrogens with two attached hydrogens (primary N) is 1. The highest BCUT2D eigenvalue weighted by atomic mass is 32.2. The Bertz CT molecular complexity index is 582. The second kappa shape index (κ2) is 4.15. The Hall–Kier alpha value is -1.93. The first-order valence-corrected chi connectivity index (χ1v) is 6.14. The molecule has 0 saturated heterocycles. The molecule has 3 N–H and O–H groups in total. The summed E-state index contributed by atoms with van der Waals surface area (Å²) >= 11 is 0. The lowest BCUT2D eigenvalue weighted by Crippen LogP contribution is -2.43. The molecule has 90 valence electrons. The van der Waals surface area contributed by atoms with Crippen molar-refractivity contribution in [2.75, 3.05) is 6.54 Å². The van der Waals surface area contributed by atoms with Gasteiger partial charge in [-0.3, -0.25) is 10.2 Å². The third-order valence-electron chi connectivity index (χ3n) is 2.24. The molecule has 8 heteroatoms. The molecule has 1 aromatic rings. The first-order valence-electron chi connectivity index (χ1n) is 4.70. The topological polar surface area (TPSA) is 105 Å². The lowest BCUT2D eigenvalue weighted by atomic mass is 10.3. The van der Waals surface area contributed by atoms with Crippen LogP contribution in [-0.2, 0) is 14.8 Å². The van der Waals surface area contributed by atoms with E-state index in [1.807, 2.05) is 5.43 Å². The second-order valence-electron chi connectivity index (χ2n) is 3.33. The van der Waals surface area contributed by atoms with Gasteiger partial charge in [-0.25, -0.2) is 23.6 Å². The predicted molar refractivity (Wildman–Crippen MR) is 60.8 cm³/mol. The molecule has 0 aliphatic carbocycles. The third kappa shape index (κ3) is 1.99. The second-order valence-corrected chi connectivity index (χ2v) is 5.19. The van der Waals surface area contributed by atoms with Crippen LogP contribution in [-0.4, -0.2) is 31.5 Å². The largest absolute Gasteiger partial charge is 0.293 e. The SMILES string of the molecule is NNC(=O)CN1C=Nc2ccccc2S1(=O)=O. The number of hydrogen-bond donors (Lipinski definition) is 2. The number of carbonyl (C=O) groups excluding carboxylic acids is 1. The summed E-state index contributed by atoms with van der Waals surface area (Å²) in [5.74, 6) is 4.30. The van der Waals surface area contributed by atoms with Gasteiger partial charge < -0.3 is 0 Å². The van der Waals surface area contributed by atoms with E-state index in [-0.39, 0.29) is 4.90 Å². The molecule has 0 radical (unpaired) electrons. The van der Waals surface area contributed by atoms with Gasteiger partial charge in [0.2, 0.25) is 0 Å². The maximum absolute atomic E-state index is 12.1. The van der Waals surface area contributed by atoms with Crippen LogP contribution in [0.25, 0.3) is 0 Å². The van der Waals surface area contributed by atoms with Crippen LogP contribution in [0.2, 0.25) is 0 Å². The van der Waals surface area contributed by atoms with E-state index in [1.54, 1.807) is 18.2 Å². The molecule has 0 atom stereocenters. The Kier molecular flexibility index (Phi) is 2.82. The van der Waals surface area contributed by atoms with Gasteiger partial charge in [-0.1, -0.05) is 12.1 Å². The summed E-state index contributed by atoms with van der Waals surface area (Å²) in [5.41, 5.74) is 2.23. The maximum Gasteiger partial charge on any atom is 0.267 e. The molecule has 1 heterocycles. The fraction of sp³-hybridized carbons (Fsp3) is 0.111. The highest BCUT2D eigenvalue weighted by molar-refractivity contribution is 7.89. The average Bonchev–Trinajstić information content (AvgIpc) is 2.33. The van der Waals surface area contributed by atoms with E-state index in [2.05, 4.69) is 4.99 Å². The van der Waals surface area contributed by atoms with Crippen LogP contribution in [0.4, 0.5) is 5.69 Å². The van der Waals surface area contributed by atoms with Crippen LogP contribution in [0.5, 0.6) is 0 Å². The number of amides is 1. The number of aliphatic imine (C=N–C) groups is 1. The zero-order valence-corrected chi connectivity index (χ0v) is 9.52. The Morgan fingerprint density at radius 3 is 2.82 bits per heavy atom. The Balaban J connectivity index is 2.41. The average molecular weight is 254 g/mol. The van der Waals surface area contributed by atoms with Crippen molar-refractivity contribution in [3.63, 3.8) is 0 Å². The number of nitrogens with one attached hydrogen (secondary N) is 1. The summed E-state index contributed by atoms with van der Waals surface area (Å²) in [4.78, 5) is 15.1. The smallest absolute Gasteiger partial charge is 0.267 e. The zero-order valence-electron chi connectivity index (χ0n) is 8.70. The van der Waals surface area contributed by atoms with E-state index in [9.17, 15) is 13.2 Å². The summed E-state index contributed by atoms with van der Waals surface area (Å²) in [6.07, 6.45) is 1.10. The van der Waals surface area contributed by atoms with Crippen molar-refractivity contribution in [2.45, 2.75) is 4.90 Å². The quantitative estimate of drug-likeness (QED) is 0.415. The van der Waals surface area contributed by atoms with Crippen LogP contribution in [0, 0.1) is 0 Å². The lowest BCUT2D eigenvalue weighted by molar-refractivity contribution is -0.120. The Morgan fingerprint density at radius 2 is 2.12 bits per heavy atom. The summed E-state index contributed by atoms with van der Waals surface area (Å²) < 4.78 is 25.0. The monoisotopic (exact) mass is 254 g/mol. The minimum atomic E-state index is -3.72. The normalized spacial score (nSPS) is 16.4. The molecule has 2 rings (SSSR count). The van der Waals surface area contributed by atoms with Gasteiger partial charge in [-0.2, -0.15) is 0 Å². The van der Waals surface area contributed by atoms with E-state index in [0.29, 0.717) is 5.69 Å². The van der Waals surface area contributed by atoms with Crippen molar-refractivity contribution in [3.8, 4) is 0 Å². The molecular weight excluding hydrogens is 244 g/mol. The number of fused-ring (bicyclic) bond motifs is 1.